The first-order chi connectivity index (χ1) is 9.65. The fourth-order valence-corrected chi connectivity index (χ4v) is 3.25. The van der Waals surface area contributed by atoms with Gasteiger partial charge in [0.05, 0.1) is 0 Å². The minimum Gasteiger partial charge on any atom is -0.385 e. The number of unbranched alkanes of at least 4 members (excludes halogenated alkanes) is 2. The highest BCUT2D eigenvalue weighted by molar-refractivity contribution is 5.38. The molecule has 1 atom stereocenters. The third kappa shape index (κ3) is 3.83. The first-order valence-electron chi connectivity index (χ1n) is 7.97. The maximum absolute atomic E-state index is 5.09. The standard InChI is InChI=1S/C18H29NO/c1-18(2)12-11-17(15-9-5-6-10-16(15)18)19-13-7-4-8-14-20-3/h5-6,9-10,17,19H,4,7-8,11-14H2,1-3H3. The zero-order valence-corrected chi connectivity index (χ0v) is 13.2. The second-order valence-corrected chi connectivity index (χ2v) is 6.57. The van der Waals surface area contributed by atoms with E-state index in [1.54, 1.807) is 7.11 Å². The second kappa shape index (κ2) is 7.24. The predicted molar refractivity (Wildman–Crippen MR) is 85.2 cm³/mol. The molecule has 1 aliphatic rings. The molecule has 20 heavy (non-hydrogen) atoms. The zero-order valence-electron chi connectivity index (χ0n) is 13.2. The average molecular weight is 275 g/mol. The summed E-state index contributed by atoms with van der Waals surface area (Å²) in [4.78, 5) is 0. The van der Waals surface area contributed by atoms with Crippen molar-refractivity contribution in [1.29, 1.82) is 0 Å². The van der Waals surface area contributed by atoms with Gasteiger partial charge in [0.15, 0.2) is 0 Å². The van der Waals surface area contributed by atoms with Gasteiger partial charge in [-0.15, -0.1) is 0 Å². The first kappa shape index (κ1) is 15.5. The molecule has 0 bridgehead atoms. The quantitative estimate of drug-likeness (QED) is 0.753. The highest BCUT2D eigenvalue weighted by atomic mass is 16.5. The van der Waals surface area contributed by atoms with Crippen molar-refractivity contribution in [2.24, 2.45) is 0 Å². The largest absolute Gasteiger partial charge is 0.385 e. The van der Waals surface area contributed by atoms with Crippen LogP contribution in [-0.4, -0.2) is 20.3 Å². The molecule has 112 valence electrons. The van der Waals surface area contributed by atoms with Crippen molar-refractivity contribution < 1.29 is 4.74 Å². The Hall–Kier alpha value is -0.860. The summed E-state index contributed by atoms with van der Waals surface area (Å²) < 4.78 is 5.09. The summed E-state index contributed by atoms with van der Waals surface area (Å²) in [5, 5.41) is 3.75. The molecule has 0 saturated carbocycles. The third-order valence-corrected chi connectivity index (χ3v) is 4.54. The van der Waals surface area contributed by atoms with Gasteiger partial charge in [-0.1, -0.05) is 38.1 Å². The molecular weight excluding hydrogens is 246 g/mol. The molecule has 1 aliphatic carbocycles. The Morgan fingerprint density at radius 3 is 2.80 bits per heavy atom. The number of benzene rings is 1. The van der Waals surface area contributed by atoms with E-state index in [1.807, 2.05) is 0 Å². The van der Waals surface area contributed by atoms with Gasteiger partial charge in [0, 0.05) is 19.8 Å². The van der Waals surface area contributed by atoms with Crippen molar-refractivity contribution in [2.45, 2.75) is 57.4 Å². The van der Waals surface area contributed by atoms with Crippen LogP contribution in [0.3, 0.4) is 0 Å². The first-order valence-corrected chi connectivity index (χ1v) is 7.97. The van der Waals surface area contributed by atoms with E-state index in [0.29, 0.717) is 11.5 Å². The smallest absolute Gasteiger partial charge is 0.0462 e. The molecule has 0 amide bonds. The van der Waals surface area contributed by atoms with Gasteiger partial charge in [0.2, 0.25) is 0 Å². The van der Waals surface area contributed by atoms with Crippen LogP contribution in [0.1, 0.15) is 63.1 Å². The third-order valence-electron chi connectivity index (χ3n) is 4.54. The van der Waals surface area contributed by atoms with E-state index < -0.39 is 0 Å². The van der Waals surface area contributed by atoms with Gasteiger partial charge in [-0.2, -0.15) is 0 Å². The van der Waals surface area contributed by atoms with Crippen molar-refractivity contribution in [3.05, 3.63) is 35.4 Å². The maximum atomic E-state index is 5.09. The highest BCUT2D eigenvalue weighted by Gasteiger charge is 2.31. The molecule has 2 rings (SSSR count). The minimum absolute atomic E-state index is 0.327. The number of methoxy groups -OCH3 is 1. The molecule has 2 nitrogen and oxygen atoms in total. The molecule has 0 fully saturated rings. The van der Waals surface area contributed by atoms with Crippen molar-refractivity contribution in [3.63, 3.8) is 0 Å². The van der Waals surface area contributed by atoms with Crippen LogP contribution in [0.2, 0.25) is 0 Å². The maximum Gasteiger partial charge on any atom is 0.0462 e. The summed E-state index contributed by atoms with van der Waals surface area (Å²) >= 11 is 0. The van der Waals surface area contributed by atoms with Gasteiger partial charge < -0.3 is 10.1 Å². The van der Waals surface area contributed by atoms with E-state index in [0.717, 1.165) is 13.2 Å². The topological polar surface area (TPSA) is 21.3 Å². The summed E-state index contributed by atoms with van der Waals surface area (Å²) in [6.07, 6.45) is 6.19. The van der Waals surface area contributed by atoms with E-state index in [9.17, 15) is 0 Å². The van der Waals surface area contributed by atoms with Crippen LogP contribution in [0.5, 0.6) is 0 Å². The lowest BCUT2D eigenvalue weighted by Crippen LogP contribution is -2.33. The summed E-state index contributed by atoms with van der Waals surface area (Å²) in [6, 6.07) is 9.50. The van der Waals surface area contributed by atoms with E-state index in [1.165, 1.54) is 43.2 Å². The minimum atomic E-state index is 0.327. The van der Waals surface area contributed by atoms with Crippen LogP contribution in [0.25, 0.3) is 0 Å². The Balaban J connectivity index is 1.87. The van der Waals surface area contributed by atoms with Crippen LogP contribution in [0.15, 0.2) is 24.3 Å². The van der Waals surface area contributed by atoms with E-state index in [4.69, 9.17) is 4.74 Å². The Labute approximate surface area is 123 Å². The molecule has 1 aromatic carbocycles. The Morgan fingerprint density at radius 2 is 2.00 bits per heavy atom. The zero-order chi connectivity index (χ0) is 14.4. The molecule has 0 heterocycles. The van der Waals surface area contributed by atoms with Crippen LogP contribution in [0.4, 0.5) is 0 Å². The Kier molecular flexibility index (Phi) is 5.62. The Bertz CT molecular complexity index is 414. The number of hydrogen-bond acceptors (Lipinski definition) is 2. The van der Waals surface area contributed by atoms with E-state index in [2.05, 4.69) is 43.4 Å². The highest BCUT2D eigenvalue weighted by Crippen LogP contribution is 2.41. The van der Waals surface area contributed by atoms with Gasteiger partial charge in [0.1, 0.15) is 0 Å². The average Bonchev–Trinajstić information content (AvgIpc) is 2.45. The number of rotatable bonds is 7. The number of fused-ring (bicyclic) bond motifs is 1. The van der Waals surface area contributed by atoms with Crippen molar-refractivity contribution in [2.75, 3.05) is 20.3 Å². The second-order valence-electron chi connectivity index (χ2n) is 6.57. The van der Waals surface area contributed by atoms with Gasteiger partial charge in [-0.25, -0.2) is 0 Å². The fourth-order valence-electron chi connectivity index (χ4n) is 3.25. The normalized spacial score (nSPS) is 20.6. The summed E-state index contributed by atoms with van der Waals surface area (Å²) in [7, 11) is 1.78. The van der Waals surface area contributed by atoms with Crippen molar-refractivity contribution in [3.8, 4) is 0 Å². The van der Waals surface area contributed by atoms with E-state index in [-0.39, 0.29) is 0 Å². The molecule has 0 radical (unpaired) electrons. The molecule has 2 heteroatoms. The van der Waals surface area contributed by atoms with Crippen LogP contribution < -0.4 is 5.32 Å². The molecule has 0 saturated heterocycles. The summed E-state index contributed by atoms with van der Waals surface area (Å²) in [5.74, 6) is 0. The molecule has 0 aliphatic heterocycles. The molecule has 1 aromatic rings. The van der Waals surface area contributed by atoms with Crippen LogP contribution >= 0.6 is 0 Å². The fraction of sp³-hybridized carbons (Fsp3) is 0.667. The Morgan fingerprint density at radius 1 is 1.20 bits per heavy atom. The monoisotopic (exact) mass is 275 g/mol. The molecule has 0 spiro atoms. The summed E-state index contributed by atoms with van der Waals surface area (Å²) in [5.41, 5.74) is 3.37. The SMILES string of the molecule is COCCCCCNC1CCC(C)(C)c2ccccc21. The number of ether oxygens (including phenoxy) is 1. The van der Waals surface area contributed by atoms with Gasteiger partial charge in [-0.05, 0) is 55.2 Å². The molecule has 1 unspecified atom stereocenters. The van der Waals surface area contributed by atoms with Gasteiger partial charge >= 0.3 is 0 Å². The van der Waals surface area contributed by atoms with Crippen molar-refractivity contribution in [1.82, 2.24) is 5.32 Å². The van der Waals surface area contributed by atoms with Crippen LogP contribution in [0, 0.1) is 0 Å². The predicted octanol–water partition coefficient (Wildman–Crippen LogP) is 4.21. The molecule has 0 aromatic heterocycles. The number of hydrogen-bond donors (Lipinski definition) is 1. The van der Waals surface area contributed by atoms with Gasteiger partial charge in [-0.3, -0.25) is 0 Å². The number of nitrogens with one attached hydrogen (secondary N) is 1. The van der Waals surface area contributed by atoms with Crippen LogP contribution in [-0.2, 0) is 10.2 Å². The summed E-state index contributed by atoms with van der Waals surface area (Å²) in [6.45, 7) is 6.74. The molecule has 1 N–H and O–H groups in total. The lowest BCUT2D eigenvalue weighted by molar-refractivity contribution is 0.192. The lowest BCUT2D eigenvalue weighted by Gasteiger charge is -2.37. The van der Waals surface area contributed by atoms with E-state index >= 15 is 0 Å². The van der Waals surface area contributed by atoms with Crippen molar-refractivity contribution >= 4 is 0 Å². The van der Waals surface area contributed by atoms with Gasteiger partial charge in [0.25, 0.3) is 0 Å². The molecular formula is C18H29NO. The lowest BCUT2D eigenvalue weighted by atomic mass is 9.71.